The predicted molar refractivity (Wildman–Crippen MR) is 147 cm³/mol. The highest BCUT2D eigenvalue weighted by molar-refractivity contribution is 6.31. The van der Waals surface area contributed by atoms with Crippen LogP contribution in [0.3, 0.4) is 0 Å². The van der Waals surface area contributed by atoms with Crippen molar-refractivity contribution in [1.82, 2.24) is 9.80 Å². The molecule has 2 aliphatic rings. The molecule has 2 N–H and O–H groups in total. The molecule has 0 aromatic heterocycles. The van der Waals surface area contributed by atoms with Gasteiger partial charge in [-0.15, -0.1) is 0 Å². The lowest BCUT2D eigenvalue weighted by Gasteiger charge is -2.40. The number of carbonyl (C=O) groups excluding carboxylic acids is 2. The Balaban J connectivity index is 1.41. The molecule has 2 aromatic carbocycles. The predicted octanol–water partition coefficient (Wildman–Crippen LogP) is 3.83. The summed E-state index contributed by atoms with van der Waals surface area (Å²) in [5, 5.41) is 21.6. The Morgan fingerprint density at radius 2 is 1.63 bits per heavy atom. The molecule has 2 heterocycles. The normalized spacial score (nSPS) is 23.7. The number of hydrogen-bond acceptors (Lipinski definition) is 6. The van der Waals surface area contributed by atoms with Gasteiger partial charge in [-0.25, -0.2) is 0 Å². The van der Waals surface area contributed by atoms with Crippen LogP contribution in [0.25, 0.3) is 0 Å². The molecule has 2 fully saturated rings. The van der Waals surface area contributed by atoms with Gasteiger partial charge in [-0.3, -0.25) is 14.5 Å². The van der Waals surface area contributed by atoms with Crippen LogP contribution in [0.1, 0.15) is 49.7 Å². The molecule has 7 nitrogen and oxygen atoms in total. The van der Waals surface area contributed by atoms with E-state index in [1.165, 1.54) is 5.56 Å². The number of halogens is 1. The SMILES string of the molecule is O=C(Cc1ccccc1Cl)N1CCCCC2(CCN(Cc3ccccc3)CC2)C(=O)OC[C@@H](O)[C@@H](O)CC1. The van der Waals surface area contributed by atoms with Crippen molar-refractivity contribution in [1.29, 1.82) is 0 Å². The summed E-state index contributed by atoms with van der Waals surface area (Å²) >= 11 is 6.27. The first kappa shape index (κ1) is 28.6. The van der Waals surface area contributed by atoms with Crippen LogP contribution in [0.4, 0.5) is 0 Å². The quantitative estimate of drug-likeness (QED) is 0.571. The maximum Gasteiger partial charge on any atom is 0.312 e. The average Bonchev–Trinajstić information content (AvgIpc) is 2.94. The summed E-state index contributed by atoms with van der Waals surface area (Å²) in [6, 6.07) is 17.6. The van der Waals surface area contributed by atoms with E-state index in [-0.39, 0.29) is 31.3 Å². The van der Waals surface area contributed by atoms with E-state index >= 15 is 0 Å². The number of cyclic esters (lactones) is 1. The molecule has 8 heteroatoms. The number of piperidine rings is 1. The lowest BCUT2D eigenvalue weighted by molar-refractivity contribution is -0.165. The number of carbonyl (C=O) groups is 2. The number of amides is 1. The van der Waals surface area contributed by atoms with Crippen LogP contribution in [0.2, 0.25) is 5.02 Å². The highest BCUT2D eigenvalue weighted by atomic mass is 35.5. The van der Waals surface area contributed by atoms with Crippen LogP contribution in [0.15, 0.2) is 54.6 Å². The number of esters is 1. The van der Waals surface area contributed by atoms with Crippen LogP contribution in [-0.4, -0.2) is 76.9 Å². The van der Waals surface area contributed by atoms with E-state index in [0.717, 1.165) is 38.0 Å². The fraction of sp³-hybridized carbons (Fsp3) is 0.533. The molecular formula is C30H39ClN2O5. The molecule has 2 aliphatic heterocycles. The van der Waals surface area contributed by atoms with Gasteiger partial charge < -0.3 is 19.8 Å². The number of hydrogen-bond donors (Lipinski definition) is 2. The van der Waals surface area contributed by atoms with Crippen molar-refractivity contribution in [3.8, 4) is 0 Å². The molecule has 2 saturated heterocycles. The van der Waals surface area contributed by atoms with E-state index in [1.807, 2.05) is 36.4 Å². The van der Waals surface area contributed by atoms with Crippen LogP contribution in [0.5, 0.6) is 0 Å². The van der Waals surface area contributed by atoms with Gasteiger partial charge >= 0.3 is 5.97 Å². The van der Waals surface area contributed by atoms with Gasteiger partial charge in [-0.2, -0.15) is 0 Å². The Labute approximate surface area is 230 Å². The zero-order valence-electron chi connectivity index (χ0n) is 21.9. The van der Waals surface area contributed by atoms with Gasteiger partial charge in [-0.1, -0.05) is 66.6 Å². The minimum atomic E-state index is -1.20. The van der Waals surface area contributed by atoms with Crippen molar-refractivity contribution in [3.05, 3.63) is 70.7 Å². The molecule has 4 rings (SSSR count). The summed E-state index contributed by atoms with van der Waals surface area (Å²) in [7, 11) is 0. The second-order valence-corrected chi connectivity index (χ2v) is 11.1. The van der Waals surface area contributed by atoms with E-state index in [0.29, 0.717) is 37.4 Å². The maximum absolute atomic E-state index is 13.3. The first-order valence-corrected chi connectivity index (χ1v) is 14.0. The zero-order chi connectivity index (χ0) is 27.0. The summed E-state index contributed by atoms with van der Waals surface area (Å²) in [4.78, 5) is 30.6. The molecule has 0 saturated carbocycles. The Morgan fingerprint density at radius 3 is 2.37 bits per heavy atom. The summed E-state index contributed by atoms with van der Waals surface area (Å²) in [6.45, 7) is 3.02. The van der Waals surface area contributed by atoms with Gasteiger partial charge in [0, 0.05) is 24.7 Å². The van der Waals surface area contributed by atoms with E-state index < -0.39 is 17.6 Å². The third-order valence-electron chi connectivity index (χ3n) is 8.00. The van der Waals surface area contributed by atoms with Crippen molar-refractivity contribution < 1.29 is 24.5 Å². The van der Waals surface area contributed by atoms with Gasteiger partial charge in [0.2, 0.25) is 5.91 Å². The fourth-order valence-electron chi connectivity index (χ4n) is 5.49. The summed E-state index contributed by atoms with van der Waals surface area (Å²) < 4.78 is 5.59. The highest BCUT2D eigenvalue weighted by Gasteiger charge is 2.42. The van der Waals surface area contributed by atoms with E-state index in [2.05, 4.69) is 17.0 Å². The van der Waals surface area contributed by atoms with Gasteiger partial charge in [0.15, 0.2) is 0 Å². The van der Waals surface area contributed by atoms with Crippen molar-refractivity contribution in [2.24, 2.45) is 5.41 Å². The molecule has 0 radical (unpaired) electrons. The minimum absolute atomic E-state index is 0.0640. The first-order chi connectivity index (χ1) is 18.4. The number of nitrogens with zero attached hydrogens (tertiary/aromatic N) is 2. The number of ether oxygens (including phenoxy) is 1. The maximum atomic E-state index is 13.3. The smallest absolute Gasteiger partial charge is 0.312 e. The van der Waals surface area contributed by atoms with Crippen LogP contribution in [0, 0.1) is 5.41 Å². The molecule has 0 bridgehead atoms. The number of aliphatic hydroxyl groups is 2. The lowest BCUT2D eigenvalue weighted by Crippen LogP contribution is -2.45. The molecule has 0 aliphatic carbocycles. The standard InChI is InChI=1S/C30H39ClN2O5/c31-25-11-5-4-10-24(25)20-28(36)33-16-7-6-13-30(29(37)38-22-27(35)26(34)12-17-33)14-18-32(19-15-30)21-23-8-2-1-3-9-23/h1-5,8-11,26-27,34-35H,6-7,12-22H2/t26-,27+/m0/s1. The van der Waals surface area contributed by atoms with Gasteiger partial charge in [0.1, 0.15) is 12.7 Å². The molecule has 1 spiro atoms. The number of benzene rings is 2. The summed E-state index contributed by atoms with van der Waals surface area (Å²) in [5.74, 6) is -0.347. The average molecular weight is 543 g/mol. The molecule has 2 aromatic rings. The van der Waals surface area contributed by atoms with Gasteiger partial charge in [0.05, 0.1) is 17.9 Å². The van der Waals surface area contributed by atoms with Crippen molar-refractivity contribution in [2.45, 2.75) is 63.7 Å². The lowest BCUT2D eigenvalue weighted by atomic mass is 9.74. The van der Waals surface area contributed by atoms with E-state index in [9.17, 15) is 19.8 Å². The Kier molecular flexibility index (Phi) is 10.2. The third kappa shape index (κ3) is 7.56. The summed E-state index contributed by atoms with van der Waals surface area (Å²) in [6.07, 6.45) is 1.67. The Hall–Kier alpha value is -2.45. The Morgan fingerprint density at radius 1 is 0.921 bits per heavy atom. The van der Waals surface area contributed by atoms with E-state index in [1.54, 1.807) is 11.0 Å². The number of rotatable bonds is 4. The number of aliphatic hydroxyl groups excluding tert-OH is 2. The van der Waals surface area contributed by atoms with Crippen LogP contribution >= 0.6 is 11.6 Å². The van der Waals surface area contributed by atoms with Gasteiger partial charge in [-0.05, 0) is 62.4 Å². The van der Waals surface area contributed by atoms with Gasteiger partial charge in [0.25, 0.3) is 0 Å². The van der Waals surface area contributed by atoms with Crippen molar-refractivity contribution in [2.75, 3.05) is 32.8 Å². The molecule has 0 unspecified atom stereocenters. The highest BCUT2D eigenvalue weighted by Crippen LogP contribution is 2.38. The Bertz CT molecular complexity index is 1060. The van der Waals surface area contributed by atoms with Crippen molar-refractivity contribution in [3.63, 3.8) is 0 Å². The monoisotopic (exact) mass is 542 g/mol. The first-order valence-electron chi connectivity index (χ1n) is 13.7. The molecule has 38 heavy (non-hydrogen) atoms. The van der Waals surface area contributed by atoms with Crippen LogP contribution < -0.4 is 0 Å². The second kappa shape index (κ2) is 13.6. The van der Waals surface area contributed by atoms with Crippen LogP contribution in [-0.2, 0) is 27.3 Å². The second-order valence-electron chi connectivity index (χ2n) is 10.7. The summed E-state index contributed by atoms with van der Waals surface area (Å²) in [5.41, 5.74) is 1.40. The van der Waals surface area contributed by atoms with E-state index in [4.69, 9.17) is 16.3 Å². The largest absolute Gasteiger partial charge is 0.462 e. The third-order valence-corrected chi connectivity index (χ3v) is 8.37. The number of likely N-dealkylation sites (tertiary alicyclic amines) is 1. The topological polar surface area (TPSA) is 90.3 Å². The fourth-order valence-corrected chi connectivity index (χ4v) is 5.69. The zero-order valence-corrected chi connectivity index (χ0v) is 22.7. The molecular weight excluding hydrogens is 504 g/mol. The molecule has 206 valence electrons. The minimum Gasteiger partial charge on any atom is -0.462 e. The molecule has 2 atom stereocenters. The molecule has 1 amide bonds. The van der Waals surface area contributed by atoms with Crippen molar-refractivity contribution >= 4 is 23.5 Å².